The van der Waals surface area contributed by atoms with Crippen molar-refractivity contribution < 1.29 is 9.59 Å². The van der Waals surface area contributed by atoms with E-state index in [-0.39, 0.29) is 11.8 Å². The molecule has 1 aromatic rings. The van der Waals surface area contributed by atoms with Crippen LogP contribution in [0.5, 0.6) is 0 Å². The van der Waals surface area contributed by atoms with Gasteiger partial charge in [-0.1, -0.05) is 12.1 Å². The first-order valence-corrected chi connectivity index (χ1v) is 7.12. The highest BCUT2D eigenvalue weighted by Crippen LogP contribution is 2.10. The Bertz CT molecular complexity index is 426. The fourth-order valence-electron chi connectivity index (χ4n) is 1.29. The number of amides is 2. The van der Waals surface area contributed by atoms with Gasteiger partial charge in [-0.3, -0.25) is 9.59 Å². The lowest BCUT2D eigenvalue weighted by atomic mass is 10.2. The van der Waals surface area contributed by atoms with Gasteiger partial charge < -0.3 is 10.6 Å². The predicted octanol–water partition coefficient (Wildman–Crippen LogP) is 1.77. The van der Waals surface area contributed by atoms with Gasteiger partial charge in [0.05, 0.1) is 5.56 Å². The maximum absolute atomic E-state index is 11.8. The summed E-state index contributed by atoms with van der Waals surface area (Å²) in [6.45, 7) is 0.808. The van der Waals surface area contributed by atoms with Gasteiger partial charge in [-0.05, 0) is 34.7 Å². The predicted molar refractivity (Wildman–Crippen MR) is 79.8 cm³/mol. The molecule has 2 amide bonds. The number of rotatable bonds is 6. The number of carbonyl (C=O) groups is 2. The van der Waals surface area contributed by atoms with Gasteiger partial charge in [0.15, 0.2) is 0 Å². The van der Waals surface area contributed by atoms with Gasteiger partial charge in [0.2, 0.25) is 5.91 Å². The zero-order valence-corrected chi connectivity index (χ0v) is 12.6. The van der Waals surface area contributed by atoms with Crippen LogP contribution in [0.1, 0.15) is 16.8 Å². The van der Waals surface area contributed by atoms with Gasteiger partial charge >= 0.3 is 0 Å². The molecular weight excluding hydrogens is 367 g/mol. The molecule has 0 aromatic heterocycles. The Balaban J connectivity index is 2.30. The van der Waals surface area contributed by atoms with E-state index in [4.69, 9.17) is 11.6 Å². The summed E-state index contributed by atoms with van der Waals surface area (Å²) in [6.07, 6.45) is 0.298. The molecule has 4 nitrogen and oxygen atoms in total. The molecule has 0 atom stereocenters. The van der Waals surface area contributed by atoms with E-state index in [2.05, 4.69) is 33.2 Å². The summed E-state index contributed by atoms with van der Waals surface area (Å²) in [7, 11) is 0. The van der Waals surface area contributed by atoms with Crippen LogP contribution < -0.4 is 10.6 Å². The van der Waals surface area contributed by atoms with Crippen LogP contribution in [0.25, 0.3) is 0 Å². The zero-order valence-electron chi connectivity index (χ0n) is 9.71. The topological polar surface area (TPSA) is 58.2 Å². The van der Waals surface area contributed by atoms with Gasteiger partial charge in [0.1, 0.15) is 0 Å². The van der Waals surface area contributed by atoms with E-state index < -0.39 is 0 Å². The summed E-state index contributed by atoms with van der Waals surface area (Å²) >= 11 is 7.54. The third-order valence-electron chi connectivity index (χ3n) is 2.17. The number of alkyl halides is 1. The third-order valence-corrected chi connectivity index (χ3v) is 3.30. The Kier molecular flexibility index (Phi) is 7.04. The molecule has 1 rings (SSSR count). The Morgan fingerprint density at radius 3 is 2.50 bits per heavy atom. The number of halogens is 2. The minimum absolute atomic E-state index is 0.103. The van der Waals surface area contributed by atoms with E-state index in [0.717, 1.165) is 3.57 Å². The molecule has 98 valence electrons. The summed E-state index contributed by atoms with van der Waals surface area (Å²) in [5.74, 6) is 0.0700. The molecule has 0 heterocycles. The van der Waals surface area contributed by atoms with Gasteiger partial charge in [-0.25, -0.2) is 0 Å². The first-order chi connectivity index (χ1) is 8.65. The second-order valence-electron chi connectivity index (χ2n) is 3.52. The third kappa shape index (κ3) is 5.22. The fraction of sp³-hybridized carbons (Fsp3) is 0.333. The van der Waals surface area contributed by atoms with Crippen LogP contribution in [-0.2, 0) is 4.79 Å². The summed E-state index contributed by atoms with van der Waals surface area (Å²) in [4.78, 5) is 22.9. The lowest BCUT2D eigenvalue weighted by Gasteiger charge is -2.07. The van der Waals surface area contributed by atoms with Crippen molar-refractivity contribution in [3.05, 3.63) is 33.4 Å². The highest BCUT2D eigenvalue weighted by molar-refractivity contribution is 14.1. The molecule has 0 spiro atoms. The first-order valence-electron chi connectivity index (χ1n) is 5.50. The fourth-order valence-corrected chi connectivity index (χ4v) is 2.10. The molecule has 18 heavy (non-hydrogen) atoms. The van der Waals surface area contributed by atoms with Crippen molar-refractivity contribution >= 4 is 46.0 Å². The van der Waals surface area contributed by atoms with E-state index in [1.54, 1.807) is 6.07 Å². The van der Waals surface area contributed by atoms with Crippen molar-refractivity contribution in [2.24, 2.45) is 0 Å². The molecule has 0 aliphatic heterocycles. The monoisotopic (exact) mass is 380 g/mol. The maximum Gasteiger partial charge on any atom is 0.252 e. The van der Waals surface area contributed by atoms with Crippen LogP contribution in [0, 0.1) is 3.57 Å². The molecule has 0 saturated heterocycles. The Morgan fingerprint density at radius 2 is 1.83 bits per heavy atom. The number of hydrogen-bond acceptors (Lipinski definition) is 2. The highest BCUT2D eigenvalue weighted by Gasteiger charge is 2.08. The molecule has 0 unspecified atom stereocenters. The molecule has 6 heteroatoms. The van der Waals surface area contributed by atoms with E-state index in [9.17, 15) is 9.59 Å². The Morgan fingerprint density at radius 1 is 1.17 bits per heavy atom. The number of nitrogens with one attached hydrogen (secondary N) is 2. The summed E-state index contributed by atoms with van der Waals surface area (Å²) in [5.41, 5.74) is 0.644. The molecule has 0 aliphatic carbocycles. The smallest absolute Gasteiger partial charge is 0.252 e. The van der Waals surface area contributed by atoms with Crippen LogP contribution >= 0.6 is 34.2 Å². The van der Waals surface area contributed by atoms with Crippen molar-refractivity contribution in [3.8, 4) is 0 Å². The second kappa shape index (κ2) is 8.31. The SMILES string of the molecule is O=C(CCCl)NCCNC(=O)c1ccccc1I. The van der Waals surface area contributed by atoms with E-state index in [0.29, 0.717) is 31.0 Å². The summed E-state index contributed by atoms with van der Waals surface area (Å²) < 4.78 is 0.902. The Labute approximate surface area is 125 Å². The van der Waals surface area contributed by atoms with Crippen molar-refractivity contribution in [1.82, 2.24) is 10.6 Å². The van der Waals surface area contributed by atoms with Crippen LogP contribution in [0.15, 0.2) is 24.3 Å². The number of carbonyl (C=O) groups excluding carboxylic acids is 2. The van der Waals surface area contributed by atoms with Gasteiger partial charge in [0, 0.05) is 29.0 Å². The number of benzene rings is 1. The lowest BCUT2D eigenvalue weighted by Crippen LogP contribution is -2.35. The lowest BCUT2D eigenvalue weighted by molar-refractivity contribution is -0.120. The average molecular weight is 381 g/mol. The normalized spacial score (nSPS) is 9.89. The van der Waals surface area contributed by atoms with Gasteiger partial charge in [0.25, 0.3) is 5.91 Å². The van der Waals surface area contributed by atoms with Crippen molar-refractivity contribution in [1.29, 1.82) is 0 Å². The molecule has 0 fully saturated rings. The number of hydrogen-bond donors (Lipinski definition) is 2. The summed E-state index contributed by atoms with van der Waals surface area (Å²) in [6, 6.07) is 7.34. The average Bonchev–Trinajstić information content (AvgIpc) is 2.35. The van der Waals surface area contributed by atoms with Crippen molar-refractivity contribution in [3.63, 3.8) is 0 Å². The van der Waals surface area contributed by atoms with Crippen LogP contribution in [0.3, 0.4) is 0 Å². The summed E-state index contributed by atoms with van der Waals surface area (Å²) in [5, 5.41) is 5.41. The molecule has 0 radical (unpaired) electrons. The second-order valence-corrected chi connectivity index (χ2v) is 5.06. The van der Waals surface area contributed by atoms with Gasteiger partial charge in [-0.15, -0.1) is 11.6 Å². The molecule has 0 saturated carbocycles. The molecule has 0 bridgehead atoms. The molecule has 2 N–H and O–H groups in total. The highest BCUT2D eigenvalue weighted by atomic mass is 127. The molecule has 0 aliphatic rings. The van der Waals surface area contributed by atoms with Crippen molar-refractivity contribution in [2.75, 3.05) is 19.0 Å². The van der Waals surface area contributed by atoms with E-state index in [1.165, 1.54) is 0 Å². The van der Waals surface area contributed by atoms with Gasteiger partial charge in [-0.2, -0.15) is 0 Å². The van der Waals surface area contributed by atoms with Crippen molar-refractivity contribution in [2.45, 2.75) is 6.42 Å². The van der Waals surface area contributed by atoms with Crippen LogP contribution in [0.2, 0.25) is 0 Å². The van der Waals surface area contributed by atoms with Crippen LogP contribution in [0.4, 0.5) is 0 Å². The standard InChI is InChI=1S/C12H14ClIN2O2/c13-6-5-11(17)15-7-8-16-12(18)9-3-1-2-4-10(9)14/h1-4H,5-8H2,(H,15,17)(H,16,18). The minimum atomic E-state index is -0.133. The Hall–Kier alpha value is -0.820. The van der Waals surface area contributed by atoms with E-state index >= 15 is 0 Å². The minimum Gasteiger partial charge on any atom is -0.354 e. The van der Waals surface area contributed by atoms with Crippen LogP contribution in [-0.4, -0.2) is 30.8 Å². The maximum atomic E-state index is 11.8. The quantitative estimate of drug-likeness (QED) is 0.449. The molecular formula is C12H14ClIN2O2. The largest absolute Gasteiger partial charge is 0.354 e. The first kappa shape index (κ1) is 15.2. The zero-order chi connectivity index (χ0) is 13.4. The molecule has 1 aromatic carbocycles. The van der Waals surface area contributed by atoms with E-state index in [1.807, 2.05) is 18.2 Å².